The number of fused-ring (bicyclic) bond motifs is 7. The largest absolute Gasteiger partial charge is 0.456 e. The average molecular weight is 751 g/mol. The fraction of sp³-hybridized carbons (Fsp3) is 0.151. The highest BCUT2D eigenvalue weighted by atomic mass is 16.3. The first-order chi connectivity index (χ1) is 28.2. The molecule has 11 rings (SSSR count). The standard InChI is InChI=1S/C53H42N4O/c1-52(2)27-28-53(3,4)44-32-46-41(31-43(44)52)39-17-8-10-19-45(39)57(46)38-16-12-15-37(29-38)51-55-49(34-13-6-5-7-14-34)54-50(56-51)35-23-21-33(22-24-35)36-25-26-48-42(30-36)40-18-9-11-20-47(40)58-48/h5-26,29-32H,27-28H2,1-4H3. The van der Waals surface area contributed by atoms with Crippen LogP contribution in [0.3, 0.4) is 0 Å². The monoisotopic (exact) mass is 750 g/mol. The fourth-order valence-electron chi connectivity index (χ4n) is 9.16. The normalized spacial score (nSPS) is 14.7. The molecule has 1 aliphatic carbocycles. The minimum absolute atomic E-state index is 0.0950. The van der Waals surface area contributed by atoms with Gasteiger partial charge in [0.2, 0.25) is 0 Å². The quantitative estimate of drug-likeness (QED) is 0.176. The molecule has 0 radical (unpaired) electrons. The van der Waals surface area contributed by atoms with Gasteiger partial charge >= 0.3 is 0 Å². The Morgan fingerprint density at radius 1 is 0.414 bits per heavy atom. The van der Waals surface area contributed by atoms with Crippen LogP contribution in [0.1, 0.15) is 51.7 Å². The summed E-state index contributed by atoms with van der Waals surface area (Å²) in [5.41, 5.74) is 13.5. The predicted molar refractivity (Wildman–Crippen MR) is 238 cm³/mol. The van der Waals surface area contributed by atoms with E-state index in [2.05, 4.69) is 160 Å². The van der Waals surface area contributed by atoms with Gasteiger partial charge in [0.25, 0.3) is 0 Å². The molecule has 58 heavy (non-hydrogen) atoms. The van der Waals surface area contributed by atoms with Crippen molar-refractivity contribution in [1.29, 1.82) is 0 Å². The molecule has 0 saturated carbocycles. The molecule has 5 nitrogen and oxygen atoms in total. The third-order valence-corrected chi connectivity index (χ3v) is 12.5. The molecule has 0 spiro atoms. The highest BCUT2D eigenvalue weighted by Crippen LogP contribution is 2.48. The van der Waals surface area contributed by atoms with Gasteiger partial charge in [-0.15, -0.1) is 0 Å². The van der Waals surface area contributed by atoms with Crippen molar-refractivity contribution in [2.24, 2.45) is 0 Å². The molecule has 3 aromatic heterocycles. The van der Waals surface area contributed by atoms with E-state index >= 15 is 0 Å². The third kappa shape index (κ3) is 5.56. The lowest BCUT2D eigenvalue weighted by molar-refractivity contribution is 0.332. The topological polar surface area (TPSA) is 56.7 Å². The zero-order valence-electron chi connectivity index (χ0n) is 33.1. The van der Waals surface area contributed by atoms with E-state index in [1.54, 1.807) is 0 Å². The van der Waals surface area contributed by atoms with Crippen LogP contribution in [0.5, 0.6) is 0 Å². The maximum Gasteiger partial charge on any atom is 0.164 e. The van der Waals surface area contributed by atoms with Gasteiger partial charge in [-0.2, -0.15) is 0 Å². The number of rotatable bonds is 5. The lowest BCUT2D eigenvalue weighted by Crippen LogP contribution is -2.33. The Balaban J connectivity index is 1.03. The van der Waals surface area contributed by atoms with Gasteiger partial charge in [-0.1, -0.05) is 137 Å². The predicted octanol–water partition coefficient (Wildman–Crippen LogP) is 13.9. The van der Waals surface area contributed by atoms with Crippen molar-refractivity contribution >= 4 is 43.7 Å². The summed E-state index contributed by atoms with van der Waals surface area (Å²) >= 11 is 0. The number of para-hydroxylation sites is 2. The highest BCUT2D eigenvalue weighted by Gasteiger charge is 2.38. The summed E-state index contributed by atoms with van der Waals surface area (Å²) in [6, 6.07) is 55.7. The van der Waals surface area contributed by atoms with Crippen LogP contribution in [0.15, 0.2) is 162 Å². The minimum atomic E-state index is 0.0950. The van der Waals surface area contributed by atoms with Crippen LogP contribution in [-0.2, 0) is 10.8 Å². The Bertz CT molecular complexity index is 3220. The molecule has 7 aromatic carbocycles. The molecular weight excluding hydrogens is 709 g/mol. The first kappa shape index (κ1) is 34.4. The number of nitrogens with zero attached hydrogens (tertiary/aromatic N) is 4. The van der Waals surface area contributed by atoms with Gasteiger partial charge in [-0.05, 0) is 94.5 Å². The molecule has 10 aromatic rings. The van der Waals surface area contributed by atoms with Crippen molar-refractivity contribution in [3.8, 4) is 51.0 Å². The van der Waals surface area contributed by atoms with E-state index in [1.165, 1.54) is 45.8 Å². The minimum Gasteiger partial charge on any atom is -0.456 e. The maximum atomic E-state index is 6.09. The Morgan fingerprint density at radius 3 is 1.74 bits per heavy atom. The van der Waals surface area contributed by atoms with Crippen LogP contribution in [0.25, 0.3) is 94.7 Å². The molecule has 0 aliphatic heterocycles. The van der Waals surface area contributed by atoms with E-state index < -0.39 is 0 Å². The van der Waals surface area contributed by atoms with E-state index in [9.17, 15) is 0 Å². The van der Waals surface area contributed by atoms with Crippen LogP contribution < -0.4 is 0 Å². The molecule has 0 atom stereocenters. The van der Waals surface area contributed by atoms with Crippen molar-refractivity contribution in [3.05, 3.63) is 169 Å². The highest BCUT2D eigenvalue weighted by molar-refractivity contribution is 6.10. The molecule has 0 unspecified atom stereocenters. The van der Waals surface area contributed by atoms with Crippen molar-refractivity contribution < 1.29 is 4.42 Å². The molecule has 3 heterocycles. The Morgan fingerprint density at radius 2 is 0.983 bits per heavy atom. The van der Waals surface area contributed by atoms with Crippen molar-refractivity contribution in [3.63, 3.8) is 0 Å². The Hall–Kier alpha value is -6.85. The van der Waals surface area contributed by atoms with Gasteiger partial charge in [-0.3, -0.25) is 0 Å². The Labute approximate surface area is 337 Å². The summed E-state index contributed by atoms with van der Waals surface area (Å²) < 4.78 is 8.52. The number of hydrogen-bond donors (Lipinski definition) is 0. The smallest absolute Gasteiger partial charge is 0.164 e. The van der Waals surface area contributed by atoms with E-state index in [1.807, 2.05) is 30.3 Å². The van der Waals surface area contributed by atoms with Crippen LogP contribution in [0.2, 0.25) is 0 Å². The van der Waals surface area contributed by atoms with Crippen LogP contribution >= 0.6 is 0 Å². The molecule has 0 saturated heterocycles. The molecule has 280 valence electrons. The van der Waals surface area contributed by atoms with Gasteiger partial charge in [0, 0.05) is 43.9 Å². The summed E-state index contributed by atoms with van der Waals surface area (Å²) in [5.74, 6) is 1.90. The van der Waals surface area contributed by atoms with Gasteiger partial charge < -0.3 is 8.98 Å². The number of aromatic nitrogens is 4. The number of hydrogen-bond acceptors (Lipinski definition) is 4. The molecular formula is C53H42N4O. The zero-order chi connectivity index (χ0) is 39.2. The molecule has 0 amide bonds. The van der Waals surface area contributed by atoms with Gasteiger partial charge in [-0.25, -0.2) is 15.0 Å². The summed E-state index contributed by atoms with van der Waals surface area (Å²) in [6.07, 6.45) is 2.35. The average Bonchev–Trinajstić information content (AvgIpc) is 3.80. The molecule has 5 heteroatoms. The van der Waals surface area contributed by atoms with Gasteiger partial charge in [0.15, 0.2) is 17.5 Å². The molecule has 1 aliphatic rings. The van der Waals surface area contributed by atoms with Crippen molar-refractivity contribution in [2.75, 3.05) is 0 Å². The summed E-state index contributed by atoms with van der Waals surface area (Å²) in [7, 11) is 0. The second kappa shape index (κ2) is 12.8. The van der Waals surface area contributed by atoms with Gasteiger partial charge in [0.05, 0.1) is 11.0 Å². The third-order valence-electron chi connectivity index (χ3n) is 12.5. The van der Waals surface area contributed by atoms with Crippen LogP contribution in [0.4, 0.5) is 0 Å². The van der Waals surface area contributed by atoms with Crippen LogP contribution in [0, 0.1) is 0 Å². The maximum absolute atomic E-state index is 6.09. The van der Waals surface area contributed by atoms with E-state index in [0.29, 0.717) is 17.5 Å². The lowest BCUT2D eigenvalue weighted by Gasteiger charge is -2.42. The zero-order valence-corrected chi connectivity index (χ0v) is 33.1. The SMILES string of the molecule is CC1(C)CCC(C)(C)c2cc3c(cc21)c1ccccc1n3-c1cccc(-c2nc(-c3ccccc3)nc(-c3ccc(-c4ccc5oc6ccccc6c5c4)cc3)n2)c1. The number of furan rings is 1. The van der Waals surface area contributed by atoms with Crippen molar-refractivity contribution in [2.45, 2.75) is 51.4 Å². The molecule has 0 fully saturated rings. The second-order valence-electron chi connectivity index (χ2n) is 17.1. The van der Waals surface area contributed by atoms with E-state index in [0.717, 1.165) is 55.4 Å². The summed E-state index contributed by atoms with van der Waals surface area (Å²) in [6.45, 7) is 9.61. The van der Waals surface area contributed by atoms with E-state index in [4.69, 9.17) is 19.4 Å². The lowest BCUT2D eigenvalue weighted by atomic mass is 9.63. The summed E-state index contributed by atoms with van der Waals surface area (Å²) in [4.78, 5) is 15.3. The van der Waals surface area contributed by atoms with Gasteiger partial charge in [0.1, 0.15) is 11.2 Å². The number of benzene rings is 7. The second-order valence-corrected chi connectivity index (χ2v) is 17.1. The molecule has 0 N–H and O–H groups in total. The Kier molecular flexibility index (Phi) is 7.61. The van der Waals surface area contributed by atoms with Crippen LogP contribution in [-0.4, -0.2) is 19.5 Å². The first-order valence-corrected chi connectivity index (χ1v) is 20.2. The van der Waals surface area contributed by atoms with E-state index in [-0.39, 0.29) is 10.8 Å². The first-order valence-electron chi connectivity index (χ1n) is 20.2. The van der Waals surface area contributed by atoms with Crippen molar-refractivity contribution in [1.82, 2.24) is 19.5 Å². The fourth-order valence-corrected chi connectivity index (χ4v) is 9.16. The molecule has 0 bridgehead atoms. The summed E-state index contributed by atoms with van der Waals surface area (Å²) in [5, 5.41) is 4.79.